The Bertz CT molecular complexity index is 664. The van der Waals surface area contributed by atoms with E-state index in [-0.39, 0.29) is 17.7 Å². The fraction of sp³-hybridized carbons (Fsp3) is 0.263. The topological polar surface area (TPSA) is 49.4 Å². The lowest BCUT2D eigenvalue weighted by Gasteiger charge is -2.13. The van der Waals surface area contributed by atoms with Gasteiger partial charge in [-0.25, -0.2) is 0 Å². The molecule has 23 heavy (non-hydrogen) atoms. The van der Waals surface area contributed by atoms with Crippen molar-refractivity contribution in [1.29, 1.82) is 0 Å². The van der Waals surface area contributed by atoms with Gasteiger partial charge in [-0.15, -0.1) is 0 Å². The quantitative estimate of drug-likeness (QED) is 0.918. The van der Waals surface area contributed by atoms with E-state index in [9.17, 15) is 9.59 Å². The van der Waals surface area contributed by atoms with Crippen molar-refractivity contribution in [1.82, 2.24) is 4.90 Å². The molecule has 0 spiro atoms. The van der Waals surface area contributed by atoms with Crippen LogP contribution in [-0.2, 0) is 4.79 Å². The Morgan fingerprint density at radius 3 is 2.17 bits per heavy atom. The van der Waals surface area contributed by atoms with Crippen LogP contribution >= 0.6 is 0 Å². The Labute approximate surface area is 137 Å². The minimum absolute atomic E-state index is 0.0342. The predicted octanol–water partition coefficient (Wildman–Crippen LogP) is 3.52. The fourth-order valence-corrected chi connectivity index (χ4v) is 2.34. The van der Waals surface area contributed by atoms with E-state index in [2.05, 4.69) is 5.32 Å². The molecule has 2 amide bonds. The average molecular weight is 310 g/mol. The summed E-state index contributed by atoms with van der Waals surface area (Å²) in [6.45, 7) is 2.04. The van der Waals surface area contributed by atoms with Crippen LogP contribution in [-0.4, -0.2) is 30.8 Å². The molecule has 0 unspecified atom stereocenters. The Balaban J connectivity index is 1.94. The highest BCUT2D eigenvalue weighted by atomic mass is 16.2. The summed E-state index contributed by atoms with van der Waals surface area (Å²) in [4.78, 5) is 25.5. The van der Waals surface area contributed by atoms with Crippen molar-refractivity contribution >= 4 is 17.5 Å². The van der Waals surface area contributed by atoms with Gasteiger partial charge in [0.05, 0.1) is 0 Å². The first-order valence-electron chi connectivity index (χ1n) is 7.64. The molecular weight excluding hydrogens is 288 g/mol. The molecule has 0 heterocycles. The van der Waals surface area contributed by atoms with Crippen LogP contribution in [0.1, 0.15) is 35.2 Å². The number of carbonyl (C=O) groups excluding carboxylic acids is 2. The van der Waals surface area contributed by atoms with Crippen molar-refractivity contribution in [3.63, 3.8) is 0 Å². The predicted molar refractivity (Wildman–Crippen MR) is 92.6 cm³/mol. The summed E-state index contributed by atoms with van der Waals surface area (Å²) in [6.07, 6.45) is 0.419. The lowest BCUT2D eigenvalue weighted by Crippen LogP contribution is -2.21. The van der Waals surface area contributed by atoms with E-state index in [0.29, 0.717) is 17.7 Å². The molecule has 0 bridgehead atoms. The maximum absolute atomic E-state index is 12.1. The van der Waals surface area contributed by atoms with Crippen LogP contribution < -0.4 is 5.32 Å². The first-order chi connectivity index (χ1) is 11.0. The van der Waals surface area contributed by atoms with Crippen LogP contribution in [0.2, 0.25) is 0 Å². The molecule has 120 valence electrons. The number of amides is 2. The van der Waals surface area contributed by atoms with Crippen molar-refractivity contribution in [3.05, 3.63) is 65.7 Å². The molecule has 0 fully saturated rings. The third-order valence-corrected chi connectivity index (χ3v) is 3.68. The highest BCUT2D eigenvalue weighted by Gasteiger charge is 2.12. The summed E-state index contributed by atoms with van der Waals surface area (Å²) in [5, 5.41) is 2.87. The number of nitrogens with one attached hydrogen (secondary N) is 1. The van der Waals surface area contributed by atoms with E-state index >= 15 is 0 Å². The molecule has 0 saturated carbocycles. The molecule has 0 aliphatic carbocycles. The Morgan fingerprint density at radius 2 is 1.61 bits per heavy atom. The molecule has 1 atom stereocenters. The van der Waals surface area contributed by atoms with Crippen LogP contribution in [0.25, 0.3) is 0 Å². The molecule has 1 N–H and O–H groups in total. The van der Waals surface area contributed by atoms with E-state index in [1.165, 1.54) is 4.90 Å². The van der Waals surface area contributed by atoms with Crippen LogP contribution in [0, 0.1) is 0 Å². The van der Waals surface area contributed by atoms with Crippen molar-refractivity contribution < 1.29 is 9.59 Å². The summed E-state index contributed by atoms with van der Waals surface area (Å²) in [7, 11) is 3.42. The fourth-order valence-electron chi connectivity index (χ4n) is 2.34. The zero-order chi connectivity index (χ0) is 16.8. The Hall–Kier alpha value is -2.62. The van der Waals surface area contributed by atoms with E-state index in [0.717, 1.165) is 5.56 Å². The van der Waals surface area contributed by atoms with Crippen molar-refractivity contribution in [2.45, 2.75) is 19.3 Å². The maximum Gasteiger partial charge on any atom is 0.253 e. The summed E-state index contributed by atoms with van der Waals surface area (Å²) in [5.41, 5.74) is 2.45. The molecule has 0 saturated heterocycles. The zero-order valence-electron chi connectivity index (χ0n) is 13.7. The number of hydrogen-bond acceptors (Lipinski definition) is 2. The highest BCUT2D eigenvalue weighted by Crippen LogP contribution is 2.19. The third kappa shape index (κ3) is 4.68. The van der Waals surface area contributed by atoms with Gasteiger partial charge in [0.15, 0.2) is 0 Å². The maximum atomic E-state index is 12.1. The normalized spacial score (nSPS) is 11.6. The summed E-state index contributed by atoms with van der Waals surface area (Å²) < 4.78 is 0. The molecule has 4 heteroatoms. The van der Waals surface area contributed by atoms with Gasteiger partial charge in [-0.05, 0) is 35.7 Å². The van der Waals surface area contributed by atoms with E-state index in [1.54, 1.807) is 38.4 Å². The van der Waals surface area contributed by atoms with Crippen molar-refractivity contribution in [3.8, 4) is 0 Å². The Morgan fingerprint density at radius 1 is 1.00 bits per heavy atom. The van der Waals surface area contributed by atoms with Crippen molar-refractivity contribution in [2.75, 3.05) is 19.4 Å². The summed E-state index contributed by atoms with van der Waals surface area (Å²) in [5.74, 6) is 0.0689. The minimum atomic E-state index is -0.0550. The number of rotatable bonds is 5. The SMILES string of the molecule is C[C@@H](CC(=O)Nc1ccc(C(=O)N(C)C)cc1)c1ccccc1. The van der Waals surface area contributed by atoms with Gasteiger partial charge in [0.2, 0.25) is 5.91 Å². The number of hydrogen-bond donors (Lipinski definition) is 1. The van der Waals surface area contributed by atoms with Gasteiger partial charge in [-0.1, -0.05) is 37.3 Å². The molecule has 0 radical (unpaired) electrons. The van der Waals surface area contributed by atoms with Crippen LogP contribution in [0.15, 0.2) is 54.6 Å². The number of anilines is 1. The minimum Gasteiger partial charge on any atom is -0.345 e. The largest absolute Gasteiger partial charge is 0.345 e. The zero-order valence-corrected chi connectivity index (χ0v) is 13.7. The van der Waals surface area contributed by atoms with Gasteiger partial charge in [0, 0.05) is 31.8 Å². The van der Waals surface area contributed by atoms with Gasteiger partial charge >= 0.3 is 0 Å². The van der Waals surface area contributed by atoms with Crippen LogP contribution in [0.3, 0.4) is 0 Å². The first-order valence-corrected chi connectivity index (χ1v) is 7.64. The van der Waals surface area contributed by atoms with Crippen LogP contribution in [0.5, 0.6) is 0 Å². The highest BCUT2D eigenvalue weighted by molar-refractivity contribution is 5.95. The van der Waals surface area contributed by atoms with Crippen molar-refractivity contribution in [2.24, 2.45) is 0 Å². The molecule has 4 nitrogen and oxygen atoms in total. The van der Waals surface area contributed by atoms with Gasteiger partial charge < -0.3 is 10.2 Å². The second kappa shape index (κ2) is 7.58. The van der Waals surface area contributed by atoms with Gasteiger partial charge in [0.25, 0.3) is 5.91 Å². The molecule has 2 aromatic carbocycles. The standard InChI is InChI=1S/C19H22N2O2/c1-14(15-7-5-4-6-8-15)13-18(22)20-17-11-9-16(10-12-17)19(23)21(2)3/h4-12,14H,13H2,1-3H3,(H,20,22)/t14-/m0/s1. The van der Waals surface area contributed by atoms with E-state index in [4.69, 9.17) is 0 Å². The second-order valence-corrected chi connectivity index (χ2v) is 5.84. The molecule has 0 aliphatic rings. The number of carbonyl (C=O) groups is 2. The molecule has 0 aliphatic heterocycles. The molecule has 2 rings (SSSR count). The molecule has 0 aromatic heterocycles. The van der Waals surface area contributed by atoms with Gasteiger partial charge in [-0.2, -0.15) is 0 Å². The van der Waals surface area contributed by atoms with Gasteiger partial charge in [-0.3, -0.25) is 9.59 Å². The smallest absolute Gasteiger partial charge is 0.253 e. The number of nitrogens with zero attached hydrogens (tertiary/aromatic N) is 1. The second-order valence-electron chi connectivity index (χ2n) is 5.84. The molecule has 2 aromatic rings. The van der Waals surface area contributed by atoms with E-state index < -0.39 is 0 Å². The average Bonchev–Trinajstić information content (AvgIpc) is 2.55. The Kier molecular flexibility index (Phi) is 5.52. The van der Waals surface area contributed by atoms with E-state index in [1.807, 2.05) is 37.3 Å². The summed E-state index contributed by atoms with van der Waals surface area (Å²) in [6, 6.07) is 16.9. The number of benzene rings is 2. The summed E-state index contributed by atoms with van der Waals surface area (Å²) >= 11 is 0. The third-order valence-electron chi connectivity index (χ3n) is 3.68. The lowest BCUT2D eigenvalue weighted by atomic mass is 9.97. The van der Waals surface area contributed by atoms with Gasteiger partial charge in [0.1, 0.15) is 0 Å². The lowest BCUT2D eigenvalue weighted by molar-refractivity contribution is -0.116. The van der Waals surface area contributed by atoms with Crippen LogP contribution in [0.4, 0.5) is 5.69 Å². The molecular formula is C19H22N2O2. The monoisotopic (exact) mass is 310 g/mol. The first kappa shape index (κ1) is 16.7.